The summed E-state index contributed by atoms with van der Waals surface area (Å²) >= 11 is 6.21. The quantitative estimate of drug-likeness (QED) is 0.647. The van der Waals surface area contributed by atoms with Crippen LogP contribution in [0.25, 0.3) is 0 Å². The Kier molecular flexibility index (Phi) is 8.13. The number of hydrogen-bond acceptors (Lipinski definition) is 6. The van der Waals surface area contributed by atoms with Crippen molar-refractivity contribution >= 4 is 29.5 Å². The highest BCUT2D eigenvalue weighted by molar-refractivity contribution is 6.32. The second-order valence-electron chi connectivity index (χ2n) is 7.15. The minimum absolute atomic E-state index is 0.0711. The van der Waals surface area contributed by atoms with Gasteiger partial charge in [-0.2, -0.15) is 0 Å². The van der Waals surface area contributed by atoms with Gasteiger partial charge in [-0.25, -0.2) is 9.59 Å². The molecule has 9 heteroatoms. The number of amides is 3. The van der Waals surface area contributed by atoms with Gasteiger partial charge < -0.3 is 19.5 Å². The maximum absolute atomic E-state index is 12.4. The Hall–Kier alpha value is -2.48. The number of methoxy groups -OCH3 is 1. The molecule has 0 bridgehead atoms. The van der Waals surface area contributed by atoms with Crippen molar-refractivity contribution in [1.82, 2.24) is 10.6 Å². The number of ether oxygens (including phenoxy) is 3. The van der Waals surface area contributed by atoms with Crippen LogP contribution in [0.3, 0.4) is 0 Å². The molecule has 1 atom stereocenters. The van der Waals surface area contributed by atoms with Gasteiger partial charge in [0.1, 0.15) is 0 Å². The number of imide groups is 1. The molecule has 0 aromatic heterocycles. The summed E-state index contributed by atoms with van der Waals surface area (Å²) in [5.41, 5.74) is 0.0954. The molecule has 1 aromatic carbocycles. The van der Waals surface area contributed by atoms with Gasteiger partial charge in [0.2, 0.25) is 0 Å². The lowest BCUT2D eigenvalue weighted by molar-refractivity contribution is -0.127. The molecule has 3 amide bonds. The maximum Gasteiger partial charge on any atom is 0.339 e. The second-order valence-corrected chi connectivity index (χ2v) is 7.55. The SMILES string of the molecule is COc1cc(C(=O)O[C@H](C)C(=O)NC(=O)NC2CCCC2)cc(Cl)c1OC(C)C. The Labute approximate surface area is 175 Å². The van der Waals surface area contributed by atoms with E-state index in [2.05, 4.69) is 10.6 Å². The van der Waals surface area contributed by atoms with Gasteiger partial charge in [-0.3, -0.25) is 10.1 Å². The highest BCUT2D eigenvalue weighted by Gasteiger charge is 2.24. The lowest BCUT2D eigenvalue weighted by Gasteiger charge is -2.17. The van der Waals surface area contributed by atoms with Gasteiger partial charge in [-0.05, 0) is 45.7 Å². The summed E-state index contributed by atoms with van der Waals surface area (Å²) in [5, 5.41) is 5.10. The van der Waals surface area contributed by atoms with Crippen LogP contribution in [-0.4, -0.2) is 43.3 Å². The van der Waals surface area contributed by atoms with Crippen molar-refractivity contribution in [2.24, 2.45) is 0 Å². The number of benzene rings is 1. The molecule has 1 fully saturated rings. The third kappa shape index (κ3) is 6.52. The highest BCUT2D eigenvalue weighted by atomic mass is 35.5. The molecular formula is C20H27ClN2O6. The third-order valence-electron chi connectivity index (χ3n) is 4.40. The topological polar surface area (TPSA) is 103 Å². The number of nitrogens with one attached hydrogen (secondary N) is 2. The number of halogens is 1. The fourth-order valence-electron chi connectivity index (χ4n) is 2.98. The first-order valence-electron chi connectivity index (χ1n) is 9.57. The van der Waals surface area contributed by atoms with Gasteiger partial charge in [0.25, 0.3) is 5.91 Å². The summed E-state index contributed by atoms with van der Waals surface area (Å²) in [6.07, 6.45) is 2.59. The molecule has 0 heterocycles. The van der Waals surface area contributed by atoms with Gasteiger partial charge in [-0.1, -0.05) is 24.4 Å². The molecule has 0 radical (unpaired) electrons. The molecule has 0 aliphatic heterocycles. The number of carbonyl (C=O) groups excluding carboxylic acids is 3. The summed E-state index contributed by atoms with van der Waals surface area (Å²) in [6.45, 7) is 5.05. The first kappa shape index (κ1) is 22.8. The average Bonchev–Trinajstić information content (AvgIpc) is 3.15. The normalized spacial score (nSPS) is 15.0. The van der Waals surface area contributed by atoms with Crippen molar-refractivity contribution in [2.75, 3.05) is 7.11 Å². The molecule has 0 unspecified atom stereocenters. The lowest BCUT2D eigenvalue weighted by atomic mass is 10.2. The Morgan fingerprint density at radius 2 is 1.79 bits per heavy atom. The van der Waals surface area contributed by atoms with E-state index in [1.54, 1.807) is 0 Å². The summed E-state index contributed by atoms with van der Waals surface area (Å²) < 4.78 is 16.0. The Morgan fingerprint density at radius 1 is 1.14 bits per heavy atom. The molecule has 0 saturated heterocycles. The van der Waals surface area contributed by atoms with Crippen molar-refractivity contribution in [2.45, 2.75) is 64.7 Å². The Balaban J connectivity index is 1.98. The van der Waals surface area contributed by atoms with Crippen LogP contribution in [0.5, 0.6) is 11.5 Å². The monoisotopic (exact) mass is 426 g/mol. The van der Waals surface area contributed by atoms with E-state index in [4.69, 9.17) is 25.8 Å². The van der Waals surface area contributed by atoms with E-state index in [-0.39, 0.29) is 28.5 Å². The van der Waals surface area contributed by atoms with Crippen molar-refractivity contribution in [3.63, 3.8) is 0 Å². The maximum atomic E-state index is 12.4. The Bertz CT molecular complexity index is 762. The minimum atomic E-state index is -1.17. The van der Waals surface area contributed by atoms with E-state index >= 15 is 0 Å². The molecule has 1 saturated carbocycles. The third-order valence-corrected chi connectivity index (χ3v) is 4.68. The highest BCUT2D eigenvalue weighted by Crippen LogP contribution is 2.37. The summed E-state index contributed by atoms with van der Waals surface area (Å²) in [7, 11) is 1.42. The average molecular weight is 427 g/mol. The van der Waals surface area contributed by atoms with E-state index in [0.29, 0.717) is 5.75 Å². The van der Waals surface area contributed by atoms with Gasteiger partial charge >= 0.3 is 12.0 Å². The van der Waals surface area contributed by atoms with Crippen LogP contribution in [0.2, 0.25) is 5.02 Å². The molecule has 8 nitrogen and oxygen atoms in total. The number of hydrogen-bond donors (Lipinski definition) is 2. The van der Waals surface area contributed by atoms with E-state index in [1.165, 1.54) is 26.2 Å². The molecular weight excluding hydrogens is 400 g/mol. The van der Waals surface area contributed by atoms with Gasteiger partial charge in [0.05, 0.1) is 23.8 Å². The molecule has 160 valence electrons. The lowest BCUT2D eigenvalue weighted by Crippen LogP contribution is -2.47. The van der Waals surface area contributed by atoms with E-state index < -0.39 is 24.0 Å². The van der Waals surface area contributed by atoms with E-state index in [9.17, 15) is 14.4 Å². The molecule has 1 aliphatic rings. The van der Waals surface area contributed by atoms with Crippen LogP contribution >= 0.6 is 11.6 Å². The minimum Gasteiger partial charge on any atom is -0.493 e. The molecule has 2 rings (SSSR count). The number of urea groups is 1. The van der Waals surface area contributed by atoms with Crippen LogP contribution in [0.1, 0.15) is 56.8 Å². The van der Waals surface area contributed by atoms with Gasteiger partial charge in [-0.15, -0.1) is 0 Å². The van der Waals surface area contributed by atoms with Gasteiger partial charge in [0, 0.05) is 6.04 Å². The molecule has 1 aliphatic carbocycles. The predicted octanol–water partition coefficient (Wildman–Crippen LogP) is 3.45. The first-order valence-corrected chi connectivity index (χ1v) is 9.95. The largest absolute Gasteiger partial charge is 0.493 e. The van der Waals surface area contributed by atoms with Crippen LogP contribution in [-0.2, 0) is 9.53 Å². The van der Waals surface area contributed by atoms with Crippen molar-refractivity contribution in [3.05, 3.63) is 22.7 Å². The predicted molar refractivity (Wildman–Crippen MR) is 108 cm³/mol. The number of esters is 1. The zero-order chi connectivity index (χ0) is 21.6. The standard InChI is InChI=1S/C20H27ClN2O6/c1-11(2)28-17-15(21)9-13(10-16(17)27-4)19(25)29-12(3)18(24)23-20(26)22-14-7-5-6-8-14/h9-12,14H,5-8H2,1-4H3,(H2,22,23,24,26)/t12-/m1/s1. The number of rotatable bonds is 7. The fourth-order valence-corrected chi connectivity index (χ4v) is 3.23. The fraction of sp³-hybridized carbons (Fsp3) is 0.550. The second kappa shape index (κ2) is 10.3. The van der Waals surface area contributed by atoms with Gasteiger partial charge in [0.15, 0.2) is 17.6 Å². The van der Waals surface area contributed by atoms with E-state index in [1.807, 2.05) is 13.8 Å². The smallest absolute Gasteiger partial charge is 0.339 e. The zero-order valence-electron chi connectivity index (χ0n) is 17.0. The van der Waals surface area contributed by atoms with E-state index in [0.717, 1.165) is 25.7 Å². The van der Waals surface area contributed by atoms with Crippen molar-refractivity contribution in [3.8, 4) is 11.5 Å². The molecule has 0 spiro atoms. The zero-order valence-corrected chi connectivity index (χ0v) is 17.8. The Morgan fingerprint density at radius 3 is 2.38 bits per heavy atom. The molecule has 2 N–H and O–H groups in total. The summed E-state index contributed by atoms with van der Waals surface area (Å²) in [5.74, 6) is -0.909. The molecule has 29 heavy (non-hydrogen) atoms. The number of carbonyl (C=O) groups is 3. The van der Waals surface area contributed by atoms with Crippen LogP contribution < -0.4 is 20.1 Å². The van der Waals surface area contributed by atoms with Crippen LogP contribution in [0.15, 0.2) is 12.1 Å². The van der Waals surface area contributed by atoms with Crippen molar-refractivity contribution in [1.29, 1.82) is 0 Å². The molecule has 1 aromatic rings. The summed E-state index contributed by atoms with van der Waals surface area (Å²) in [4.78, 5) is 36.5. The van der Waals surface area contributed by atoms with Crippen LogP contribution in [0.4, 0.5) is 4.79 Å². The summed E-state index contributed by atoms with van der Waals surface area (Å²) in [6, 6.07) is 2.27. The van der Waals surface area contributed by atoms with Crippen LogP contribution in [0, 0.1) is 0 Å². The first-order chi connectivity index (χ1) is 13.7. The van der Waals surface area contributed by atoms with Crippen molar-refractivity contribution < 1.29 is 28.6 Å².